The Balaban J connectivity index is 1.57. The number of benzene rings is 1. The molecule has 5 nitrogen and oxygen atoms in total. The Morgan fingerprint density at radius 1 is 1.12 bits per heavy atom. The van der Waals surface area contributed by atoms with Crippen molar-refractivity contribution in [2.45, 2.75) is 51.1 Å². The van der Waals surface area contributed by atoms with Crippen molar-refractivity contribution in [2.24, 2.45) is 0 Å². The molecule has 1 N–H and O–H groups in total. The van der Waals surface area contributed by atoms with E-state index in [1.54, 1.807) is 0 Å². The zero-order chi connectivity index (χ0) is 18.4. The molecular formula is C20H31BN2O3. The SMILES string of the molecule is [B]CCCN(Cc1cccc(CN(CC(C)O)CC2CO2)c1)CC1CO1. The zero-order valence-electron chi connectivity index (χ0n) is 15.8. The van der Waals surface area contributed by atoms with Crippen LogP contribution < -0.4 is 0 Å². The largest absolute Gasteiger partial charge is 0.392 e. The van der Waals surface area contributed by atoms with Gasteiger partial charge in [0.25, 0.3) is 0 Å². The zero-order valence-corrected chi connectivity index (χ0v) is 15.8. The van der Waals surface area contributed by atoms with Crippen LogP contribution in [0.15, 0.2) is 24.3 Å². The molecule has 142 valence electrons. The van der Waals surface area contributed by atoms with Gasteiger partial charge in [0.1, 0.15) is 0 Å². The van der Waals surface area contributed by atoms with Crippen molar-refractivity contribution >= 4 is 7.85 Å². The number of ether oxygens (including phenoxy) is 2. The van der Waals surface area contributed by atoms with Crippen LogP contribution in [0.1, 0.15) is 24.5 Å². The van der Waals surface area contributed by atoms with Crippen LogP contribution in [-0.4, -0.2) is 80.5 Å². The quantitative estimate of drug-likeness (QED) is 0.427. The van der Waals surface area contributed by atoms with Gasteiger partial charge in [-0.25, -0.2) is 0 Å². The molecule has 2 aliphatic rings. The van der Waals surface area contributed by atoms with Crippen molar-refractivity contribution in [3.8, 4) is 0 Å². The number of hydrogen-bond acceptors (Lipinski definition) is 5. The highest BCUT2D eigenvalue weighted by Crippen LogP contribution is 2.17. The molecule has 3 rings (SSSR count). The lowest BCUT2D eigenvalue weighted by atomic mass is 10.0. The Hall–Kier alpha value is -0.915. The highest BCUT2D eigenvalue weighted by atomic mass is 16.6. The minimum Gasteiger partial charge on any atom is -0.392 e. The number of aliphatic hydroxyl groups excluding tert-OH is 1. The van der Waals surface area contributed by atoms with Gasteiger partial charge in [-0.05, 0) is 31.0 Å². The molecule has 2 aliphatic heterocycles. The molecule has 3 atom stereocenters. The first kappa shape index (κ1) is 19.8. The van der Waals surface area contributed by atoms with Crippen LogP contribution in [0.3, 0.4) is 0 Å². The molecule has 26 heavy (non-hydrogen) atoms. The average Bonchev–Trinajstić information content (AvgIpc) is 3.49. The Morgan fingerprint density at radius 3 is 2.23 bits per heavy atom. The van der Waals surface area contributed by atoms with Crippen LogP contribution in [0.2, 0.25) is 6.32 Å². The normalized spacial score (nSPS) is 22.8. The van der Waals surface area contributed by atoms with E-state index in [1.165, 1.54) is 11.1 Å². The molecule has 0 saturated carbocycles. The summed E-state index contributed by atoms with van der Waals surface area (Å²) in [5.41, 5.74) is 2.60. The maximum absolute atomic E-state index is 9.77. The molecule has 0 bridgehead atoms. The maximum Gasteiger partial charge on any atom is 0.0936 e. The summed E-state index contributed by atoms with van der Waals surface area (Å²) in [5, 5.41) is 9.77. The summed E-state index contributed by atoms with van der Waals surface area (Å²) in [7, 11) is 5.69. The minimum absolute atomic E-state index is 0.331. The van der Waals surface area contributed by atoms with Crippen LogP contribution in [0.5, 0.6) is 0 Å². The fourth-order valence-electron chi connectivity index (χ4n) is 3.39. The van der Waals surface area contributed by atoms with E-state index in [-0.39, 0.29) is 6.10 Å². The van der Waals surface area contributed by atoms with Crippen LogP contribution in [0, 0.1) is 0 Å². The van der Waals surface area contributed by atoms with Crippen molar-refractivity contribution in [2.75, 3.05) is 39.4 Å². The summed E-state index contributed by atoms with van der Waals surface area (Å²) < 4.78 is 10.8. The molecule has 0 aliphatic carbocycles. The highest BCUT2D eigenvalue weighted by Gasteiger charge is 2.26. The van der Waals surface area contributed by atoms with Crippen LogP contribution in [0.25, 0.3) is 0 Å². The lowest BCUT2D eigenvalue weighted by molar-refractivity contribution is 0.117. The molecular weight excluding hydrogens is 327 g/mol. The fourth-order valence-corrected chi connectivity index (χ4v) is 3.39. The summed E-state index contributed by atoms with van der Waals surface area (Å²) in [6.45, 7) is 8.88. The van der Waals surface area contributed by atoms with E-state index >= 15 is 0 Å². The van der Waals surface area contributed by atoms with Crippen molar-refractivity contribution in [1.29, 1.82) is 0 Å². The number of rotatable bonds is 13. The standard InChI is InChI=1S/C20H31BN2O3/c1-16(24)9-23(13-20-15-26-20)11-18-5-2-4-17(8-18)10-22(7-3-6-21)12-19-14-25-19/h2,4-5,8,16,19-20,24H,3,6-7,9-15H2,1H3. The first-order valence-corrected chi connectivity index (χ1v) is 9.76. The number of epoxide rings is 2. The van der Waals surface area contributed by atoms with Crippen molar-refractivity contribution < 1.29 is 14.6 Å². The molecule has 6 heteroatoms. The van der Waals surface area contributed by atoms with E-state index < -0.39 is 0 Å². The summed E-state index contributed by atoms with van der Waals surface area (Å²) in [4.78, 5) is 4.72. The topological polar surface area (TPSA) is 51.8 Å². The summed E-state index contributed by atoms with van der Waals surface area (Å²) in [6, 6.07) is 8.77. The van der Waals surface area contributed by atoms with Gasteiger partial charge in [0.15, 0.2) is 0 Å². The van der Waals surface area contributed by atoms with E-state index in [4.69, 9.17) is 17.3 Å². The number of nitrogens with zero attached hydrogens (tertiary/aromatic N) is 2. The Kier molecular flexibility index (Phi) is 7.52. The van der Waals surface area contributed by atoms with Gasteiger partial charge < -0.3 is 14.6 Å². The third kappa shape index (κ3) is 7.37. The number of hydrogen-bond donors (Lipinski definition) is 1. The molecule has 2 radical (unpaired) electrons. The summed E-state index contributed by atoms with van der Waals surface area (Å²) >= 11 is 0. The van der Waals surface area contributed by atoms with Crippen molar-refractivity contribution in [1.82, 2.24) is 9.80 Å². The first-order valence-electron chi connectivity index (χ1n) is 9.76. The lowest BCUT2D eigenvalue weighted by Crippen LogP contribution is -2.33. The van der Waals surface area contributed by atoms with Gasteiger partial charge >= 0.3 is 0 Å². The van der Waals surface area contributed by atoms with E-state index in [1.807, 2.05) is 6.92 Å². The van der Waals surface area contributed by atoms with Crippen LogP contribution in [0.4, 0.5) is 0 Å². The van der Waals surface area contributed by atoms with Gasteiger partial charge in [-0.15, -0.1) is 0 Å². The van der Waals surface area contributed by atoms with Gasteiger partial charge in [-0.3, -0.25) is 9.80 Å². The summed E-state index contributed by atoms with van der Waals surface area (Å²) in [6.07, 6.45) is 2.13. The second-order valence-electron chi connectivity index (χ2n) is 7.65. The highest BCUT2D eigenvalue weighted by molar-refractivity contribution is 6.08. The van der Waals surface area contributed by atoms with Gasteiger partial charge in [-0.2, -0.15) is 0 Å². The second-order valence-corrected chi connectivity index (χ2v) is 7.65. The summed E-state index contributed by atoms with van der Waals surface area (Å²) in [5.74, 6) is 0. The molecule has 2 fully saturated rings. The van der Waals surface area contributed by atoms with E-state index in [0.717, 1.165) is 58.7 Å². The third-order valence-electron chi connectivity index (χ3n) is 4.73. The van der Waals surface area contributed by atoms with Crippen LogP contribution >= 0.6 is 0 Å². The molecule has 0 amide bonds. The minimum atomic E-state index is -0.331. The monoisotopic (exact) mass is 358 g/mol. The van der Waals surface area contributed by atoms with Gasteiger partial charge in [0.05, 0.1) is 39.4 Å². The maximum atomic E-state index is 9.77. The van der Waals surface area contributed by atoms with Gasteiger partial charge in [0.2, 0.25) is 0 Å². The first-order chi connectivity index (χ1) is 12.6. The van der Waals surface area contributed by atoms with E-state index in [9.17, 15) is 5.11 Å². The van der Waals surface area contributed by atoms with Gasteiger partial charge in [0, 0.05) is 32.7 Å². The predicted octanol–water partition coefficient (Wildman–Crippen LogP) is 1.45. The molecule has 1 aromatic rings. The molecule has 0 spiro atoms. The van der Waals surface area contributed by atoms with E-state index in [0.29, 0.717) is 18.8 Å². The Bertz CT molecular complexity index is 546. The molecule has 1 aromatic carbocycles. The van der Waals surface area contributed by atoms with Crippen molar-refractivity contribution in [3.05, 3.63) is 35.4 Å². The smallest absolute Gasteiger partial charge is 0.0936 e. The van der Waals surface area contributed by atoms with Gasteiger partial charge in [-0.1, -0.05) is 30.6 Å². The molecule has 2 heterocycles. The van der Waals surface area contributed by atoms with Crippen LogP contribution in [-0.2, 0) is 22.6 Å². The Morgan fingerprint density at radius 2 is 1.69 bits per heavy atom. The molecule has 3 unspecified atom stereocenters. The second kappa shape index (κ2) is 9.86. The average molecular weight is 358 g/mol. The van der Waals surface area contributed by atoms with Crippen molar-refractivity contribution in [3.63, 3.8) is 0 Å². The Labute approximate surface area is 158 Å². The number of aliphatic hydroxyl groups is 1. The third-order valence-corrected chi connectivity index (χ3v) is 4.73. The molecule has 2 saturated heterocycles. The van der Waals surface area contributed by atoms with E-state index in [2.05, 4.69) is 34.1 Å². The molecule has 0 aromatic heterocycles. The fraction of sp³-hybridized carbons (Fsp3) is 0.700. The lowest BCUT2D eigenvalue weighted by Gasteiger charge is -2.24. The predicted molar refractivity (Wildman–Crippen MR) is 103 cm³/mol.